The number of benzene rings is 1. The number of nitrogens with zero attached hydrogens (tertiary/aromatic N) is 1. The van der Waals surface area contributed by atoms with Crippen molar-refractivity contribution in [1.29, 1.82) is 0 Å². The highest BCUT2D eigenvalue weighted by Crippen LogP contribution is 2.52. The first kappa shape index (κ1) is 21.2. The summed E-state index contributed by atoms with van der Waals surface area (Å²) in [5.74, 6) is 0.205. The second kappa shape index (κ2) is 7.56. The maximum Gasteiger partial charge on any atom is 0.303 e. The Morgan fingerprint density at radius 3 is 2.70 bits per heavy atom. The third-order valence-corrected chi connectivity index (χ3v) is 6.97. The summed E-state index contributed by atoms with van der Waals surface area (Å²) in [6.07, 6.45) is 2.89. The molecular formula is C24H33NO5. The lowest BCUT2D eigenvalue weighted by molar-refractivity contribution is -0.193. The Bertz CT molecular complexity index is 833. The highest BCUT2D eigenvalue weighted by Gasteiger charge is 2.52. The topological polar surface area (TPSA) is 76.1 Å². The van der Waals surface area contributed by atoms with Crippen molar-refractivity contribution in [3.05, 3.63) is 29.8 Å². The number of rotatable bonds is 4. The van der Waals surface area contributed by atoms with Crippen LogP contribution < -0.4 is 4.74 Å². The molecule has 0 radical (unpaired) electrons. The van der Waals surface area contributed by atoms with Crippen LogP contribution in [0.15, 0.2) is 24.3 Å². The molecule has 3 aliphatic rings. The highest BCUT2D eigenvalue weighted by atomic mass is 16.5. The molecule has 0 spiro atoms. The van der Waals surface area contributed by atoms with Crippen LogP contribution >= 0.6 is 0 Å². The minimum atomic E-state index is -0.868. The van der Waals surface area contributed by atoms with Crippen molar-refractivity contribution in [3.8, 4) is 5.75 Å². The number of carbonyl (C=O) groups excluding carboxylic acids is 1. The molecule has 2 saturated heterocycles. The molecule has 1 aromatic carbocycles. The van der Waals surface area contributed by atoms with Gasteiger partial charge < -0.3 is 19.5 Å². The summed E-state index contributed by atoms with van der Waals surface area (Å²) < 4.78 is 13.0. The average molecular weight is 416 g/mol. The molecule has 0 aromatic heterocycles. The Labute approximate surface area is 178 Å². The second-order valence-electron chi connectivity index (χ2n) is 10.4. The Morgan fingerprint density at radius 1 is 1.23 bits per heavy atom. The predicted molar refractivity (Wildman–Crippen MR) is 112 cm³/mol. The van der Waals surface area contributed by atoms with Crippen LogP contribution in [0.4, 0.5) is 0 Å². The summed E-state index contributed by atoms with van der Waals surface area (Å²) in [6.45, 7) is 8.62. The third kappa shape index (κ3) is 3.94. The van der Waals surface area contributed by atoms with E-state index in [-0.39, 0.29) is 42.9 Å². The lowest BCUT2D eigenvalue weighted by atomic mass is 9.72. The molecule has 3 aliphatic heterocycles. The number of amides is 1. The zero-order valence-corrected chi connectivity index (χ0v) is 18.4. The van der Waals surface area contributed by atoms with Gasteiger partial charge in [-0.15, -0.1) is 0 Å². The largest absolute Gasteiger partial charge is 0.487 e. The molecule has 3 heterocycles. The van der Waals surface area contributed by atoms with Gasteiger partial charge in [-0.3, -0.25) is 9.59 Å². The molecule has 4 atom stereocenters. The van der Waals surface area contributed by atoms with Gasteiger partial charge in [-0.2, -0.15) is 0 Å². The summed E-state index contributed by atoms with van der Waals surface area (Å²) in [4.78, 5) is 26.4. The number of likely N-dealkylation sites (tertiary alicyclic amines) is 1. The van der Waals surface area contributed by atoms with Crippen LogP contribution in [-0.4, -0.2) is 46.2 Å². The first-order valence-corrected chi connectivity index (χ1v) is 11.0. The number of fused-ring (bicyclic) bond motifs is 4. The predicted octanol–water partition coefficient (Wildman–Crippen LogP) is 4.19. The maximum absolute atomic E-state index is 13.2. The smallest absolute Gasteiger partial charge is 0.303 e. The van der Waals surface area contributed by atoms with Crippen LogP contribution in [0, 0.1) is 11.3 Å². The zero-order chi connectivity index (χ0) is 21.7. The van der Waals surface area contributed by atoms with Crippen LogP contribution in [0.5, 0.6) is 5.75 Å². The number of carboxylic acids is 1. The van der Waals surface area contributed by atoms with Crippen molar-refractivity contribution >= 4 is 11.9 Å². The molecule has 164 valence electrons. The van der Waals surface area contributed by atoms with Gasteiger partial charge in [-0.25, -0.2) is 0 Å². The molecule has 6 nitrogen and oxygen atoms in total. The van der Waals surface area contributed by atoms with Gasteiger partial charge in [0.2, 0.25) is 5.91 Å². The minimum absolute atomic E-state index is 0.00786. The van der Waals surface area contributed by atoms with Crippen LogP contribution in [0.2, 0.25) is 0 Å². The van der Waals surface area contributed by atoms with E-state index in [1.807, 2.05) is 36.9 Å². The summed E-state index contributed by atoms with van der Waals surface area (Å²) >= 11 is 0. The van der Waals surface area contributed by atoms with E-state index in [4.69, 9.17) is 14.6 Å². The monoisotopic (exact) mass is 415 g/mol. The molecule has 30 heavy (non-hydrogen) atoms. The van der Waals surface area contributed by atoms with Crippen LogP contribution in [0.25, 0.3) is 0 Å². The van der Waals surface area contributed by atoms with E-state index in [2.05, 4.69) is 19.9 Å². The van der Waals surface area contributed by atoms with Crippen molar-refractivity contribution in [1.82, 2.24) is 4.90 Å². The van der Waals surface area contributed by atoms with Gasteiger partial charge in [0.15, 0.2) is 0 Å². The molecule has 0 saturated carbocycles. The Hall–Kier alpha value is -2.08. The van der Waals surface area contributed by atoms with E-state index in [0.717, 1.165) is 30.6 Å². The zero-order valence-electron chi connectivity index (χ0n) is 18.4. The van der Waals surface area contributed by atoms with E-state index < -0.39 is 17.0 Å². The van der Waals surface area contributed by atoms with Crippen LogP contribution in [-0.2, 0) is 14.3 Å². The van der Waals surface area contributed by atoms with Gasteiger partial charge in [0.1, 0.15) is 11.4 Å². The van der Waals surface area contributed by atoms with Crippen molar-refractivity contribution < 1.29 is 24.2 Å². The maximum atomic E-state index is 13.2. The standard InChI is InChI=1S/C24H33NO5/c1-23(2,14-21(27)28)13-20(26)25-11-7-10-19-17(25)12-16-22(29-19)15-8-5-6-9-18(15)30-24(16,3)4/h5-6,8-9,16-17,19,22H,7,10-14H2,1-4H3,(H,27,28)/t16-,17-,19-,22+/m0/s1. The third-order valence-electron chi connectivity index (χ3n) is 6.97. The van der Waals surface area contributed by atoms with Gasteiger partial charge in [-0.05, 0) is 44.6 Å². The quantitative estimate of drug-likeness (QED) is 0.798. The van der Waals surface area contributed by atoms with Crippen molar-refractivity contribution in [3.63, 3.8) is 0 Å². The van der Waals surface area contributed by atoms with Crippen molar-refractivity contribution in [2.75, 3.05) is 6.54 Å². The van der Waals surface area contributed by atoms with Gasteiger partial charge in [0, 0.05) is 24.4 Å². The molecule has 4 rings (SSSR count). The number of aliphatic carboxylic acids is 1. The fourth-order valence-electron chi connectivity index (χ4n) is 5.52. The number of piperidine rings is 1. The molecule has 0 bridgehead atoms. The number of carboxylic acid groups (broad SMARTS) is 1. The van der Waals surface area contributed by atoms with Gasteiger partial charge in [0.05, 0.1) is 24.7 Å². The van der Waals surface area contributed by atoms with E-state index >= 15 is 0 Å². The summed E-state index contributed by atoms with van der Waals surface area (Å²) in [5, 5.41) is 9.17. The first-order valence-electron chi connectivity index (χ1n) is 11.0. The Kier molecular flexibility index (Phi) is 5.33. The van der Waals surface area contributed by atoms with E-state index in [1.54, 1.807) is 0 Å². The first-order chi connectivity index (χ1) is 14.1. The second-order valence-corrected chi connectivity index (χ2v) is 10.4. The van der Waals surface area contributed by atoms with Gasteiger partial charge in [0.25, 0.3) is 0 Å². The van der Waals surface area contributed by atoms with E-state index in [1.165, 1.54) is 0 Å². The molecule has 0 unspecified atom stereocenters. The van der Waals surface area contributed by atoms with E-state index in [0.29, 0.717) is 6.54 Å². The van der Waals surface area contributed by atoms with Crippen LogP contribution in [0.3, 0.4) is 0 Å². The molecule has 6 heteroatoms. The average Bonchev–Trinajstić information content (AvgIpc) is 2.64. The highest BCUT2D eigenvalue weighted by molar-refractivity contribution is 5.78. The minimum Gasteiger partial charge on any atom is -0.487 e. The molecular weight excluding hydrogens is 382 g/mol. The Balaban J connectivity index is 1.56. The van der Waals surface area contributed by atoms with Gasteiger partial charge in [-0.1, -0.05) is 32.0 Å². The lowest BCUT2D eigenvalue weighted by Crippen LogP contribution is -2.60. The normalized spacial score (nSPS) is 29.8. The molecule has 1 amide bonds. The molecule has 0 aliphatic carbocycles. The number of hydrogen-bond acceptors (Lipinski definition) is 4. The number of hydrogen-bond donors (Lipinski definition) is 1. The number of ether oxygens (including phenoxy) is 2. The van der Waals surface area contributed by atoms with Crippen molar-refractivity contribution in [2.24, 2.45) is 11.3 Å². The summed E-state index contributed by atoms with van der Waals surface area (Å²) in [6, 6.07) is 8.11. The lowest BCUT2D eigenvalue weighted by Gasteiger charge is -2.54. The summed E-state index contributed by atoms with van der Waals surface area (Å²) in [7, 11) is 0. The Morgan fingerprint density at radius 2 is 1.97 bits per heavy atom. The number of carbonyl (C=O) groups is 2. The number of para-hydroxylation sites is 1. The molecule has 1 aromatic rings. The fourth-order valence-corrected chi connectivity index (χ4v) is 5.52. The van der Waals surface area contributed by atoms with Gasteiger partial charge >= 0.3 is 5.97 Å². The molecule has 2 fully saturated rings. The molecule has 1 N–H and O–H groups in total. The van der Waals surface area contributed by atoms with E-state index in [9.17, 15) is 9.59 Å². The fraction of sp³-hybridized carbons (Fsp3) is 0.667. The van der Waals surface area contributed by atoms with Crippen molar-refractivity contribution in [2.45, 2.75) is 83.6 Å². The van der Waals surface area contributed by atoms with Crippen LogP contribution in [0.1, 0.15) is 71.5 Å². The SMILES string of the molecule is CC(C)(CC(=O)O)CC(=O)N1CCC[C@@H]2O[C@@H]3c4ccccc4OC(C)(C)[C@H]3C[C@@H]21. The summed E-state index contributed by atoms with van der Waals surface area (Å²) in [5.41, 5.74) is 0.144.